The third kappa shape index (κ3) is 8.05. The van der Waals surface area contributed by atoms with E-state index < -0.39 is 17.6 Å². The normalized spacial score (nSPS) is 11.0. The second-order valence-corrected chi connectivity index (χ2v) is 8.41. The molecule has 2 N–H and O–H groups in total. The lowest BCUT2D eigenvalue weighted by Crippen LogP contribution is -2.35. The van der Waals surface area contributed by atoms with Gasteiger partial charge in [-0.1, -0.05) is 0 Å². The van der Waals surface area contributed by atoms with E-state index in [9.17, 15) is 14.4 Å². The minimum Gasteiger partial charge on any atom is -0.465 e. The Balaban J connectivity index is 1.89. The lowest BCUT2D eigenvalue weighted by molar-refractivity contribution is 0.0296. The van der Waals surface area contributed by atoms with Gasteiger partial charge >= 0.3 is 18.1 Å². The van der Waals surface area contributed by atoms with Crippen molar-refractivity contribution in [2.75, 3.05) is 32.6 Å². The van der Waals surface area contributed by atoms with Crippen molar-refractivity contribution in [3.8, 4) is 11.4 Å². The van der Waals surface area contributed by atoms with Crippen LogP contribution in [0.3, 0.4) is 0 Å². The number of urea groups is 1. The van der Waals surface area contributed by atoms with Gasteiger partial charge < -0.3 is 25.0 Å². The maximum absolute atomic E-state index is 12.3. The third-order valence-corrected chi connectivity index (χ3v) is 4.40. The Morgan fingerprint density at radius 2 is 1.88 bits per heavy atom. The topological polar surface area (TPSA) is 141 Å². The van der Waals surface area contributed by atoms with Gasteiger partial charge in [0.25, 0.3) is 0 Å². The Bertz CT molecular complexity index is 984. The van der Waals surface area contributed by atoms with Gasteiger partial charge in [-0.2, -0.15) is 0 Å². The fourth-order valence-corrected chi connectivity index (χ4v) is 2.82. The second-order valence-electron chi connectivity index (χ2n) is 8.41. The Kier molecular flexibility index (Phi) is 8.71. The number of aromatic nitrogens is 4. The highest BCUT2D eigenvalue weighted by molar-refractivity contribution is 5.95. The molecule has 2 aromatic rings. The first kappa shape index (κ1) is 25.6. The van der Waals surface area contributed by atoms with Gasteiger partial charge in [-0.3, -0.25) is 0 Å². The largest absolute Gasteiger partial charge is 0.465 e. The first-order valence-corrected chi connectivity index (χ1v) is 10.5. The van der Waals surface area contributed by atoms with E-state index in [-0.39, 0.29) is 11.7 Å². The zero-order chi connectivity index (χ0) is 24.6. The third-order valence-electron chi connectivity index (χ3n) is 4.40. The number of nitrogens with one attached hydrogen (secondary N) is 2. The average molecular weight is 462 g/mol. The number of anilines is 1. The van der Waals surface area contributed by atoms with E-state index in [0.717, 1.165) is 0 Å². The molecule has 0 spiro atoms. The van der Waals surface area contributed by atoms with Crippen molar-refractivity contribution >= 4 is 23.8 Å². The molecule has 12 nitrogen and oxygen atoms in total. The number of esters is 1. The van der Waals surface area contributed by atoms with Crippen LogP contribution in [0, 0.1) is 0 Å². The van der Waals surface area contributed by atoms with Crippen LogP contribution in [0.1, 0.15) is 44.0 Å². The summed E-state index contributed by atoms with van der Waals surface area (Å²) in [5.74, 6) is -0.122. The SMILES string of the molecule is COC(=O)c1cc(NC(=O)NCCCCN(C)C(=O)OC(C)(C)C)cc(-c2nnnn2C)c1. The maximum Gasteiger partial charge on any atom is 0.410 e. The van der Waals surface area contributed by atoms with Crippen LogP contribution in [0.2, 0.25) is 0 Å². The highest BCUT2D eigenvalue weighted by Gasteiger charge is 2.19. The smallest absolute Gasteiger partial charge is 0.410 e. The molecule has 180 valence electrons. The molecule has 12 heteroatoms. The van der Waals surface area contributed by atoms with Crippen molar-refractivity contribution in [1.29, 1.82) is 0 Å². The van der Waals surface area contributed by atoms with Crippen LogP contribution in [0.15, 0.2) is 18.2 Å². The number of methoxy groups -OCH3 is 1. The Morgan fingerprint density at radius 3 is 2.48 bits per heavy atom. The number of ether oxygens (including phenoxy) is 2. The first-order valence-electron chi connectivity index (χ1n) is 10.5. The van der Waals surface area contributed by atoms with E-state index >= 15 is 0 Å². The molecule has 3 amide bonds. The molecule has 0 saturated carbocycles. The summed E-state index contributed by atoms with van der Waals surface area (Å²) in [5, 5.41) is 16.8. The number of tetrazole rings is 1. The molecule has 0 fully saturated rings. The zero-order valence-electron chi connectivity index (χ0n) is 19.8. The number of carbonyl (C=O) groups excluding carboxylic acids is 3. The standard InChI is InChI=1S/C21H31N7O5/c1-21(2,3)33-20(31)27(4)10-8-7-9-22-19(30)23-16-12-14(17-24-25-26-28(17)5)11-15(13-16)18(29)32-6/h11-13H,7-10H2,1-6H3,(H2,22,23,30). The number of benzene rings is 1. The first-order chi connectivity index (χ1) is 15.5. The molecule has 2 rings (SSSR count). The van der Waals surface area contributed by atoms with Gasteiger partial charge in [-0.25, -0.2) is 19.1 Å². The van der Waals surface area contributed by atoms with Crippen molar-refractivity contribution < 1.29 is 23.9 Å². The van der Waals surface area contributed by atoms with Crippen molar-refractivity contribution in [2.45, 2.75) is 39.2 Å². The summed E-state index contributed by atoms with van der Waals surface area (Å²) in [7, 11) is 4.62. The molecule has 0 unspecified atom stereocenters. The fourth-order valence-electron chi connectivity index (χ4n) is 2.82. The quantitative estimate of drug-likeness (QED) is 0.451. The van der Waals surface area contributed by atoms with Crippen molar-refractivity contribution in [2.24, 2.45) is 7.05 Å². The highest BCUT2D eigenvalue weighted by atomic mass is 16.6. The molecule has 1 heterocycles. The summed E-state index contributed by atoms with van der Waals surface area (Å²) in [4.78, 5) is 37.8. The van der Waals surface area contributed by atoms with E-state index in [1.165, 1.54) is 22.8 Å². The van der Waals surface area contributed by atoms with Gasteiger partial charge in [-0.15, -0.1) is 5.10 Å². The minimum absolute atomic E-state index is 0.249. The molecular formula is C21H31N7O5. The molecule has 0 aliphatic rings. The summed E-state index contributed by atoms with van der Waals surface area (Å²) in [6.07, 6.45) is 0.975. The molecule has 0 bridgehead atoms. The zero-order valence-corrected chi connectivity index (χ0v) is 19.8. The van der Waals surface area contributed by atoms with Crippen LogP contribution in [-0.4, -0.2) is 76.0 Å². The molecule has 0 radical (unpaired) electrons. The monoisotopic (exact) mass is 461 g/mol. The van der Waals surface area contributed by atoms with Gasteiger partial charge in [-0.05, 0) is 62.2 Å². The van der Waals surface area contributed by atoms with E-state index in [0.29, 0.717) is 43.0 Å². The van der Waals surface area contributed by atoms with E-state index in [4.69, 9.17) is 9.47 Å². The number of nitrogens with zero attached hydrogens (tertiary/aromatic N) is 5. The van der Waals surface area contributed by atoms with Crippen molar-refractivity contribution in [1.82, 2.24) is 30.4 Å². The highest BCUT2D eigenvalue weighted by Crippen LogP contribution is 2.23. The number of amides is 3. The van der Waals surface area contributed by atoms with Gasteiger partial charge in [0, 0.05) is 38.4 Å². The minimum atomic E-state index is -0.551. The Hall–Kier alpha value is -3.70. The number of hydrogen-bond donors (Lipinski definition) is 2. The molecule has 0 aliphatic heterocycles. The molecule has 0 atom stereocenters. The number of rotatable bonds is 8. The number of aryl methyl sites for hydroxylation is 1. The van der Waals surface area contributed by atoms with Gasteiger partial charge in [0.1, 0.15) is 5.60 Å². The fraction of sp³-hybridized carbons (Fsp3) is 0.524. The van der Waals surface area contributed by atoms with Gasteiger partial charge in [0.05, 0.1) is 12.7 Å². The van der Waals surface area contributed by atoms with Crippen LogP contribution < -0.4 is 10.6 Å². The summed E-state index contributed by atoms with van der Waals surface area (Å²) in [6.45, 7) is 6.36. The van der Waals surface area contributed by atoms with Crippen LogP contribution in [0.4, 0.5) is 15.3 Å². The van der Waals surface area contributed by atoms with Crippen molar-refractivity contribution in [3.63, 3.8) is 0 Å². The predicted octanol–water partition coefficient (Wildman–Crippen LogP) is 2.43. The lowest BCUT2D eigenvalue weighted by atomic mass is 10.1. The lowest BCUT2D eigenvalue weighted by Gasteiger charge is -2.24. The number of carbonyl (C=O) groups is 3. The van der Waals surface area contributed by atoms with Gasteiger partial charge in [0.2, 0.25) is 0 Å². The molecule has 0 aliphatic carbocycles. The second kappa shape index (κ2) is 11.2. The van der Waals surface area contributed by atoms with Gasteiger partial charge in [0.15, 0.2) is 5.82 Å². The summed E-state index contributed by atoms with van der Waals surface area (Å²) in [5.41, 5.74) is 0.640. The average Bonchev–Trinajstić information content (AvgIpc) is 3.17. The number of unbranched alkanes of at least 4 members (excludes halogenated alkanes) is 1. The van der Waals surface area contributed by atoms with Crippen LogP contribution in [-0.2, 0) is 16.5 Å². The summed E-state index contributed by atoms with van der Waals surface area (Å²) >= 11 is 0. The van der Waals surface area contributed by atoms with Crippen LogP contribution in [0.5, 0.6) is 0 Å². The summed E-state index contributed by atoms with van der Waals surface area (Å²) in [6, 6.07) is 4.32. The Labute approximate surface area is 192 Å². The van der Waals surface area contributed by atoms with E-state index in [1.807, 2.05) is 20.8 Å². The molecule has 0 saturated heterocycles. The van der Waals surface area contributed by atoms with Crippen molar-refractivity contribution in [3.05, 3.63) is 23.8 Å². The molecular weight excluding hydrogens is 430 g/mol. The summed E-state index contributed by atoms with van der Waals surface area (Å²) < 4.78 is 11.5. The van der Waals surface area contributed by atoms with E-state index in [1.54, 1.807) is 26.2 Å². The van der Waals surface area contributed by atoms with Crippen LogP contribution >= 0.6 is 0 Å². The Morgan fingerprint density at radius 1 is 1.15 bits per heavy atom. The number of hydrogen-bond acceptors (Lipinski definition) is 8. The predicted molar refractivity (Wildman–Crippen MR) is 121 cm³/mol. The molecule has 1 aromatic carbocycles. The van der Waals surface area contributed by atoms with E-state index in [2.05, 4.69) is 26.2 Å². The van der Waals surface area contributed by atoms with Crippen LogP contribution in [0.25, 0.3) is 11.4 Å². The molecule has 33 heavy (non-hydrogen) atoms. The molecule has 1 aromatic heterocycles. The maximum atomic E-state index is 12.3.